The first-order valence-electron chi connectivity index (χ1n) is 9.64. The summed E-state index contributed by atoms with van der Waals surface area (Å²) in [6.07, 6.45) is 6.04. The van der Waals surface area contributed by atoms with E-state index < -0.39 is 18.5 Å². The molecule has 7 nitrogen and oxygen atoms in total. The molecule has 1 N–H and O–H groups in total. The van der Waals surface area contributed by atoms with Gasteiger partial charge in [0.25, 0.3) is 5.91 Å². The fourth-order valence-corrected chi connectivity index (χ4v) is 4.00. The topological polar surface area (TPSA) is 86.1 Å². The molecule has 1 amide bonds. The lowest BCUT2D eigenvalue weighted by Crippen LogP contribution is -2.20. The van der Waals surface area contributed by atoms with Gasteiger partial charge in [0.15, 0.2) is 12.4 Å². The number of carbonyl (C=O) groups excluding carboxylic acids is 2. The van der Waals surface area contributed by atoms with Gasteiger partial charge in [-0.3, -0.25) is 4.79 Å². The molecule has 33 heavy (non-hydrogen) atoms. The standard InChI is InChI=1S/C23H16Cl2N4O3S/c24-16-11-18(25)23(26-12-16)27-20(30)14-32-21(31)9-8-15-13-29(17-5-2-1-3-6-17)28-22(15)19-7-4-10-33-19/h1-13H,14H2,(H,26,27,30). The lowest BCUT2D eigenvalue weighted by atomic mass is 10.2. The van der Waals surface area contributed by atoms with Crippen molar-refractivity contribution in [3.05, 3.63) is 88.0 Å². The third kappa shape index (κ3) is 5.87. The first kappa shape index (κ1) is 22.7. The van der Waals surface area contributed by atoms with Crippen molar-refractivity contribution in [3.8, 4) is 16.3 Å². The highest BCUT2D eigenvalue weighted by atomic mass is 35.5. The van der Waals surface area contributed by atoms with Crippen LogP contribution in [0.5, 0.6) is 0 Å². The van der Waals surface area contributed by atoms with Crippen molar-refractivity contribution in [2.75, 3.05) is 11.9 Å². The highest BCUT2D eigenvalue weighted by Crippen LogP contribution is 2.28. The number of para-hydroxylation sites is 1. The number of nitrogens with one attached hydrogen (secondary N) is 1. The normalized spacial score (nSPS) is 11.0. The molecule has 0 aliphatic rings. The average Bonchev–Trinajstić information content (AvgIpc) is 3.49. The molecular formula is C23H16Cl2N4O3S. The smallest absolute Gasteiger partial charge is 0.331 e. The Kier molecular flexibility index (Phi) is 7.19. The van der Waals surface area contributed by atoms with Crippen LogP contribution in [0.15, 0.2) is 72.4 Å². The molecule has 1 aromatic carbocycles. The molecule has 0 radical (unpaired) electrons. The van der Waals surface area contributed by atoms with Gasteiger partial charge in [-0.1, -0.05) is 47.5 Å². The molecule has 10 heteroatoms. The molecule has 0 fully saturated rings. The maximum Gasteiger partial charge on any atom is 0.331 e. The summed E-state index contributed by atoms with van der Waals surface area (Å²) >= 11 is 13.3. The number of rotatable bonds is 7. The van der Waals surface area contributed by atoms with E-state index in [0.29, 0.717) is 5.02 Å². The van der Waals surface area contributed by atoms with E-state index in [2.05, 4.69) is 15.4 Å². The summed E-state index contributed by atoms with van der Waals surface area (Å²) < 4.78 is 6.77. The molecule has 0 bridgehead atoms. The fraction of sp³-hybridized carbons (Fsp3) is 0.0435. The van der Waals surface area contributed by atoms with Crippen LogP contribution in [-0.2, 0) is 14.3 Å². The number of anilines is 1. The van der Waals surface area contributed by atoms with E-state index in [0.717, 1.165) is 21.8 Å². The highest BCUT2D eigenvalue weighted by Gasteiger charge is 2.13. The third-order valence-corrected chi connectivity index (χ3v) is 5.70. The Balaban J connectivity index is 1.43. The Labute approximate surface area is 203 Å². The number of halogens is 2. The summed E-state index contributed by atoms with van der Waals surface area (Å²) in [7, 11) is 0. The van der Waals surface area contributed by atoms with Crippen LogP contribution in [0, 0.1) is 0 Å². The number of benzene rings is 1. The van der Waals surface area contributed by atoms with Gasteiger partial charge in [0.2, 0.25) is 0 Å². The van der Waals surface area contributed by atoms with Crippen LogP contribution in [0.1, 0.15) is 5.56 Å². The van der Waals surface area contributed by atoms with Gasteiger partial charge in [-0.05, 0) is 35.7 Å². The van der Waals surface area contributed by atoms with Crippen LogP contribution in [0.4, 0.5) is 5.82 Å². The van der Waals surface area contributed by atoms with Crippen LogP contribution >= 0.6 is 34.5 Å². The molecule has 166 valence electrons. The van der Waals surface area contributed by atoms with Crippen molar-refractivity contribution in [2.24, 2.45) is 0 Å². The number of hydrogen-bond donors (Lipinski definition) is 1. The number of hydrogen-bond acceptors (Lipinski definition) is 6. The van der Waals surface area contributed by atoms with Gasteiger partial charge in [0, 0.05) is 24.0 Å². The second-order valence-electron chi connectivity index (χ2n) is 6.66. The number of pyridine rings is 1. The van der Waals surface area contributed by atoms with Gasteiger partial charge in [-0.2, -0.15) is 5.10 Å². The van der Waals surface area contributed by atoms with Crippen molar-refractivity contribution >= 4 is 58.3 Å². The van der Waals surface area contributed by atoms with E-state index in [9.17, 15) is 9.59 Å². The summed E-state index contributed by atoms with van der Waals surface area (Å²) in [6, 6.07) is 15.0. The average molecular weight is 499 g/mol. The zero-order valence-electron chi connectivity index (χ0n) is 16.9. The minimum atomic E-state index is -0.676. The van der Waals surface area contributed by atoms with Gasteiger partial charge in [-0.25, -0.2) is 14.5 Å². The maximum atomic E-state index is 12.2. The van der Waals surface area contributed by atoms with Gasteiger partial charge < -0.3 is 10.1 Å². The predicted molar refractivity (Wildman–Crippen MR) is 130 cm³/mol. The number of esters is 1. The number of ether oxygens (including phenoxy) is 1. The van der Waals surface area contributed by atoms with E-state index in [1.54, 1.807) is 22.1 Å². The zero-order chi connectivity index (χ0) is 23.2. The SMILES string of the molecule is O=C(COC(=O)C=Cc1cn(-c2ccccc2)nc1-c1cccs1)Nc1ncc(Cl)cc1Cl. The zero-order valence-corrected chi connectivity index (χ0v) is 19.3. The highest BCUT2D eigenvalue weighted by molar-refractivity contribution is 7.13. The third-order valence-electron chi connectivity index (χ3n) is 4.33. The Morgan fingerprint density at radius 3 is 2.70 bits per heavy atom. The Morgan fingerprint density at radius 1 is 1.15 bits per heavy atom. The molecule has 3 heterocycles. The van der Waals surface area contributed by atoms with Crippen molar-refractivity contribution in [1.82, 2.24) is 14.8 Å². The van der Waals surface area contributed by atoms with E-state index in [-0.39, 0.29) is 10.8 Å². The van der Waals surface area contributed by atoms with E-state index in [1.807, 2.05) is 54.0 Å². The van der Waals surface area contributed by atoms with E-state index >= 15 is 0 Å². The van der Waals surface area contributed by atoms with Crippen LogP contribution < -0.4 is 5.32 Å². The summed E-state index contributed by atoms with van der Waals surface area (Å²) in [5, 5.41) is 9.61. The summed E-state index contributed by atoms with van der Waals surface area (Å²) in [4.78, 5) is 29.1. The van der Waals surface area contributed by atoms with Crippen LogP contribution in [-0.4, -0.2) is 33.2 Å². The van der Waals surface area contributed by atoms with E-state index in [4.69, 9.17) is 27.9 Å². The van der Waals surface area contributed by atoms with Crippen molar-refractivity contribution in [1.29, 1.82) is 0 Å². The molecule has 0 saturated heterocycles. The van der Waals surface area contributed by atoms with Crippen LogP contribution in [0.2, 0.25) is 10.0 Å². The van der Waals surface area contributed by atoms with E-state index in [1.165, 1.54) is 18.3 Å². The Morgan fingerprint density at radius 2 is 1.97 bits per heavy atom. The van der Waals surface area contributed by atoms with Gasteiger partial charge in [-0.15, -0.1) is 11.3 Å². The fourth-order valence-electron chi connectivity index (χ4n) is 2.84. The first-order valence-corrected chi connectivity index (χ1v) is 11.3. The minimum absolute atomic E-state index is 0.131. The van der Waals surface area contributed by atoms with Crippen LogP contribution in [0.25, 0.3) is 22.3 Å². The van der Waals surface area contributed by atoms with Crippen molar-refractivity contribution < 1.29 is 14.3 Å². The molecule has 0 spiro atoms. The molecule has 0 aliphatic heterocycles. The molecule has 0 saturated carbocycles. The van der Waals surface area contributed by atoms with Gasteiger partial charge >= 0.3 is 5.97 Å². The molecule has 4 aromatic rings. The lowest BCUT2D eigenvalue weighted by Gasteiger charge is -2.06. The van der Waals surface area contributed by atoms with Crippen molar-refractivity contribution in [2.45, 2.75) is 0 Å². The first-order chi connectivity index (χ1) is 16.0. The van der Waals surface area contributed by atoms with Gasteiger partial charge in [0.05, 0.1) is 20.6 Å². The second-order valence-corrected chi connectivity index (χ2v) is 8.45. The quantitative estimate of drug-likeness (QED) is 0.268. The summed E-state index contributed by atoms with van der Waals surface area (Å²) in [5.41, 5.74) is 2.36. The monoisotopic (exact) mass is 498 g/mol. The molecular weight excluding hydrogens is 483 g/mol. The minimum Gasteiger partial charge on any atom is -0.452 e. The Hall–Kier alpha value is -3.46. The maximum absolute atomic E-state index is 12.2. The van der Waals surface area contributed by atoms with Crippen LogP contribution in [0.3, 0.4) is 0 Å². The number of amides is 1. The second kappa shape index (κ2) is 10.4. The summed E-state index contributed by atoms with van der Waals surface area (Å²) in [5.74, 6) is -1.12. The van der Waals surface area contributed by atoms with Gasteiger partial charge in [0.1, 0.15) is 5.69 Å². The number of thiophene rings is 1. The molecule has 0 aliphatic carbocycles. The largest absolute Gasteiger partial charge is 0.452 e. The number of nitrogens with zero attached hydrogens (tertiary/aromatic N) is 3. The molecule has 0 unspecified atom stereocenters. The molecule has 3 aromatic heterocycles. The molecule has 0 atom stereocenters. The number of carbonyl (C=O) groups is 2. The predicted octanol–water partition coefficient (Wildman–Crippen LogP) is 5.50. The Bertz CT molecular complexity index is 1300. The molecule has 4 rings (SSSR count). The summed E-state index contributed by atoms with van der Waals surface area (Å²) in [6.45, 7) is -0.495. The lowest BCUT2D eigenvalue weighted by molar-refractivity contribution is -0.142. The number of aromatic nitrogens is 3. The van der Waals surface area contributed by atoms with Crippen molar-refractivity contribution in [3.63, 3.8) is 0 Å².